The molecule has 3 rings (SSSR count). The summed E-state index contributed by atoms with van der Waals surface area (Å²) >= 11 is 0. The number of para-hydroxylation sites is 1. The van der Waals surface area contributed by atoms with Crippen molar-refractivity contribution in [3.8, 4) is 0 Å². The molecule has 0 saturated heterocycles. The average molecular weight is 359 g/mol. The SMILES string of the molecule is NCCNC(=O)c1ccccc1NC(=O)C1CC1c1cccc(F)c1F. The van der Waals surface area contributed by atoms with Crippen LogP contribution in [0.1, 0.15) is 28.3 Å². The van der Waals surface area contributed by atoms with Crippen molar-refractivity contribution < 1.29 is 18.4 Å². The van der Waals surface area contributed by atoms with Gasteiger partial charge in [-0.15, -0.1) is 0 Å². The van der Waals surface area contributed by atoms with Crippen molar-refractivity contribution in [3.05, 3.63) is 65.2 Å². The molecule has 0 spiro atoms. The van der Waals surface area contributed by atoms with E-state index in [0.717, 1.165) is 6.07 Å². The van der Waals surface area contributed by atoms with Gasteiger partial charge in [-0.1, -0.05) is 24.3 Å². The smallest absolute Gasteiger partial charge is 0.253 e. The number of carbonyl (C=O) groups excluding carboxylic acids is 2. The Hall–Kier alpha value is -2.80. The van der Waals surface area contributed by atoms with Gasteiger partial charge in [0.2, 0.25) is 5.91 Å². The third-order valence-corrected chi connectivity index (χ3v) is 4.37. The third-order valence-electron chi connectivity index (χ3n) is 4.37. The summed E-state index contributed by atoms with van der Waals surface area (Å²) in [6.07, 6.45) is 0.438. The van der Waals surface area contributed by atoms with E-state index in [1.54, 1.807) is 24.3 Å². The van der Waals surface area contributed by atoms with E-state index in [-0.39, 0.29) is 23.3 Å². The monoisotopic (exact) mass is 359 g/mol. The molecule has 1 saturated carbocycles. The topological polar surface area (TPSA) is 84.2 Å². The Kier molecular flexibility index (Phi) is 5.27. The van der Waals surface area contributed by atoms with Gasteiger partial charge in [-0.3, -0.25) is 9.59 Å². The largest absolute Gasteiger partial charge is 0.351 e. The third kappa shape index (κ3) is 3.72. The molecule has 4 N–H and O–H groups in total. The number of halogens is 2. The molecule has 0 aliphatic heterocycles. The minimum absolute atomic E-state index is 0.208. The van der Waals surface area contributed by atoms with Crippen molar-refractivity contribution in [2.75, 3.05) is 18.4 Å². The van der Waals surface area contributed by atoms with Crippen molar-refractivity contribution in [1.82, 2.24) is 5.32 Å². The summed E-state index contributed by atoms with van der Waals surface area (Å²) < 4.78 is 27.2. The Morgan fingerprint density at radius 2 is 1.88 bits per heavy atom. The van der Waals surface area contributed by atoms with Gasteiger partial charge < -0.3 is 16.4 Å². The molecule has 0 aromatic heterocycles. The van der Waals surface area contributed by atoms with Gasteiger partial charge in [0.1, 0.15) is 0 Å². The fourth-order valence-electron chi connectivity index (χ4n) is 2.93. The Balaban J connectivity index is 1.70. The lowest BCUT2D eigenvalue weighted by Crippen LogP contribution is -2.30. The van der Waals surface area contributed by atoms with E-state index in [9.17, 15) is 18.4 Å². The van der Waals surface area contributed by atoms with Crippen molar-refractivity contribution in [1.29, 1.82) is 0 Å². The molecule has 1 aliphatic rings. The van der Waals surface area contributed by atoms with Gasteiger partial charge in [0.05, 0.1) is 11.3 Å². The first-order valence-electron chi connectivity index (χ1n) is 8.35. The standard InChI is InChI=1S/C19H19F2N3O2/c20-15-6-3-5-11(17(15)21)13-10-14(13)19(26)24-16-7-2-1-4-12(16)18(25)23-9-8-22/h1-7,13-14H,8-10,22H2,(H,23,25)(H,24,26). The first-order valence-corrected chi connectivity index (χ1v) is 8.35. The number of rotatable bonds is 6. The van der Waals surface area contributed by atoms with E-state index in [0.29, 0.717) is 30.8 Å². The number of benzene rings is 2. The second-order valence-corrected chi connectivity index (χ2v) is 6.17. The zero-order chi connectivity index (χ0) is 18.7. The van der Waals surface area contributed by atoms with Crippen LogP contribution in [0.5, 0.6) is 0 Å². The molecule has 2 amide bonds. The lowest BCUT2D eigenvalue weighted by Gasteiger charge is -2.11. The lowest BCUT2D eigenvalue weighted by atomic mass is 10.1. The van der Waals surface area contributed by atoms with Gasteiger partial charge in [-0.2, -0.15) is 0 Å². The van der Waals surface area contributed by atoms with Gasteiger partial charge in [-0.25, -0.2) is 8.78 Å². The second kappa shape index (κ2) is 7.61. The number of carbonyl (C=O) groups is 2. The Labute approximate surface area is 149 Å². The van der Waals surface area contributed by atoms with Crippen molar-refractivity contribution in [2.24, 2.45) is 11.7 Å². The minimum Gasteiger partial charge on any atom is -0.351 e. The maximum Gasteiger partial charge on any atom is 0.253 e. The maximum atomic E-state index is 13.9. The van der Waals surface area contributed by atoms with E-state index in [1.807, 2.05) is 0 Å². The van der Waals surface area contributed by atoms with Crippen LogP contribution in [0.2, 0.25) is 0 Å². The van der Waals surface area contributed by atoms with Gasteiger partial charge in [0.15, 0.2) is 11.6 Å². The molecule has 7 heteroatoms. The van der Waals surface area contributed by atoms with Crippen LogP contribution in [0.15, 0.2) is 42.5 Å². The Bertz CT molecular complexity index is 841. The van der Waals surface area contributed by atoms with Crippen molar-refractivity contribution in [2.45, 2.75) is 12.3 Å². The Morgan fingerprint density at radius 3 is 2.65 bits per heavy atom. The molecular weight excluding hydrogens is 340 g/mol. The molecule has 2 aromatic carbocycles. The molecule has 0 radical (unpaired) electrons. The molecule has 2 unspecified atom stereocenters. The number of hydrogen-bond donors (Lipinski definition) is 3. The van der Waals surface area contributed by atoms with Gasteiger partial charge >= 0.3 is 0 Å². The molecule has 5 nitrogen and oxygen atoms in total. The van der Waals surface area contributed by atoms with Crippen LogP contribution in [0.25, 0.3) is 0 Å². The van der Waals surface area contributed by atoms with Gasteiger partial charge in [0.25, 0.3) is 5.91 Å². The Morgan fingerprint density at radius 1 is 1.12 bits per heavy atom. The summed E-state index contributed by atoms with van der Waals surface area (Å²) in [5.41, 5.74) is 6.28. The lowest BCUT2D eigenvalue weighted by molar-refractivity contribution is -0.117. The first-order chi connectivity index (χ1) is 12.5. The van der Waals surface area contributed by atoms with E-state index < -0.39 is 17.6 Å². The van der Waals surface area contributed by atoms with Gasteiger partial charge in [0, 0.05) is 19.0 Å². The molecule has 1 aliphatic carbocycles. The number of anilines is 1. The molecule has 136 valence electrons. The molecule has 1 fully saturated rings. The summed E-state index contributed by atoms with van der Waals surface area (Å²) in [6, 6.07) is 10.6. The second-order valence-electron chi connectivity index (χ2n) is 6.17. The summed E-state index contributed by atoms with van der Waals surface area (Å²) in [6.45, 7) is 0.633. The quantitative estimate of drug-likeness (QED) is 0.740. The molecule has 0 heterocycles. The van der Waals surface area contributed by atoms with E-state index in [2.05, 4.69) is 10.6 Å². The van der Waals surface area contributed by atoms with Crippen LogP contribution >= 0.6 is 0 Å². The summed E-state index contributed by atoms with van der Waals surface area (Å²) in [5.74, 6) is -3.30. The van der Waals surface area contributed by atoms with E-state index in [4.69, 9.17) is 5.73 Å². The molecule has 0 bridgehead atoms. The normalized spacial score (nSPS) is 18.3. The van der Waals surface area contributed by atoms with Gasteiger partial charge in [-0.05, 0) is 36.1 Å². The summed E-state index contributed by atoms with van der Waals surface area (Å²) in [5, 5.41) is 5.37. The highest BCUT2D eigenvalue weighted by Crippen LogP contribution is 2.49. The molecule has 2 atom stereocenters. The average Bonchev–Trinajstić information content (AvgIpc) is 3.43. The minimum atomic E-state index is -0.921. The highest BCUT2D eigenvalue weighted by Gasteiger charge is 2.45. The van der Waals surface area contributed by atoms with Crippen LogP contribution in [0, 0.1) is 17.6 Å². The molecule has 2 aromatic rings. The fourth-order valence-corrected chi connectivity index (χ4v) is 2.93. The predicted octanol–water partition coefficient (Wildman–Crippen LogP) is 2.40. The van der Waals surface area contributed by atoms with Crippen LogP contribution in [0.3, 0.4) is 0 Å². The fraction of sp³-hybridized carbons (Fsp3) is 0.263. The number of hydrogen-bond acceptors (Lipinski definition) is 3. The maximum absolute atomic E-state index is 13.9. The van der Waals surface area contributed by atoms with E-state index in [1.165, 1.54) is 12.1 Å². The number of amides is 2. The van der Waals surface area contributed by atoms with Crippen LogP contribution in [-0.4, -0.2) is 24.9 Å². The first kappa shape index (κ1) is 18.0. The molecular formula is C19H19F2N3O2. The summed E-state index contributed by atoms with van der Waals surface area (Å²) in [4.78, 5) is 24.6. The zero-order valence-corrected chi connectivity index (χ0v) is 14.0. The summed E-state index contributed by atoms with van der Waals surface area (Å²) in [7, 11) is 0. The molecule has 26 heavy (non-hydrogen) atoms. The number of nitrogens with two attached hydrogens (primary N) is 1. The van der Waals surface area contributed by atoms with Crippen LogP contribution in [-0.2, 0) is 4.79 Å². The highest BCUT2D eigenvalue weighted by molar-refractivity contribution is 6.04. The zero-order valence-electron chi connectivity index (χ0n) is 14.0. The number of nitrogens with one attached hydrogen (secondary N) is 2. The highest BCUT2D eigenvalue weighted by atomic mass is 19.2. The van der Waals surface area contributed by atoms with Crippen molar-refractivity contribution >= 4 is 17.5 Å². The predicted molar refractivity (Wildman–Crippen MR) is 93.7 cm³/mol. The van der Waals surface area contributed by atoms with Crippen molar-refractivity contribution in [3.63, 3.8) is 0 Å². The van der Waals surface area contributed by atoms with Crippen LogP contribution in [0.4, 0.5) is 14.5 Å². The van der Waals surface area contributed by atoms with E-state index >= 15 is 0 Å². The van der Waals surface area contributed by atoms with Crippen LogP contribution < -0.4 is 16.4 Å².